The van der Waals surface area contributed by atoms with Gasteiger partial charge in [0.15, 0.2) is 0 Å². The van der Waals surface area contributed by atoms with E-state index in [2.05, 4.69) is 0 Å². The minimum absolute atomic E-state index is 0.241. The Kier molecular flexibility index (Phi) is 4.92. The Hall–Kier alpha value is 0.0800. The summed E-state index contributed by atoms with van der Waals surface area (Å²) in [6.07, 6.45) is 0. The van der Waals surface area contributed by atoms with Crippen LogP contribution in [-0.2, 0) is 5.75 Å². The van der Waals surface area contributed by atoms with Crippen molar-refractivity contribution in [1.29, 1.82) is 0 Å². The molecule has 0 aliphatic heterocycles. The molecule has 0 N–H and O–H groups in total. The SMILES string of the molecule is Fc1cccc(Cl)c1CSCCCl. The molecule has 0 unspecified atom stereocenters. The molecule has 4 heteroatoms. The van der Waals surface area contributed by atoms with Crippen LogP contribution in [-0.4, -0.2) is 11.6 Å². The molecule has 0 spiro atoms. The minimum atomic E-state index is -0.241. The second kappa shape index (κ2) is 5.74. The van der Waals surface area contributed by atoms with E-state index < -0.39 is 0 Å². The largest absolute Gasteiger partial charge is 0.207 e. The summed E-state index contributed by atoms with van der Waals surface area (Å²) < 4.78 is 13.1. The summed E-state index contributed by atoms with van der Waals surface area (Å²) in [7, 11) is 0. The highest BCUT2D eigenvalue weighted by atomic mass is 35.5. The molecule has 0 saturated heterocycles. The van der Waals surface area contributed by atoms with E-state index in [9.17, 15) is 4.39 Å². The molecule has 13 heavy (non-hydrogen) atoms. The normalized spacial score (nSPS) is 10.4. The van der Waals surface area contributed by atoms with Crippen LogP contribution in [0.15, 0.2) is 18.2 Å². The first-order valence-electron chi connectivity index (χ1n) is 3.82. The molecule has 72 valence electrons. The van der Waals surface area contributed by atoms with Crippen molar-refractivity contribution in [3.63, 3.8) is 0 Å². The fourth-order valence-corrected chi connectivity index (χ4v) is 2.29. The zero-order chi connectivity index (χ0) is 9.68. The summed E-state index contributed by atoms with van der Waals surface area (Å²) in [5, 5.41) is 0.488. The Morgan fingerprint density at radius 2 is 2.15 bits per heavy atom. The van der Waals surface area contributed by atoms with Gasteiger partial charge in [-0.15, -0.1) is 11.6 Å². The molecular formula is C9H9Cl2FS. The number of benzene rings is 1. The van der Waals surface area contributed by atoms with Crippen molar-refractivity contribution in [3.8, 4) is 0 Å². The molecule has 0 aromatic heterocycles. The van der Waals surface area contributed by atoms with Crippen LogP contribution >= 0.6 is 35.0 Å². The van der Waals surface area contributed by atoms with Crippen LogP contribution < -0.4 is 0 Å². The van der Waals surface area contributed by atoms with E-state index in [-0.39, 0.29) is 5.82 Å². The fourth-order valence-electron chi connectivity index (χ4n) is 0.899. The molecule has 0 saturated carbocycles. The van der Waals surface area contributed by atoms with Gasteiger partial charge in [-0.25, -0.2) is 4.39 Å². The monoisotopic (exact) mass is 238 g/mol. The second-order valence-electron chi connectivity index (χ2n) is 2.44. The van der Waals surface area contributed by atoms with Crippen LogP contribution in [0.2, 0.25) is 5.02 Å². The topological polar surface area (TPSA) is 0 Å². The fraction of sp³-hybridized carbons (Fsp3) is 0.333. The lowest BCUT2D eigenvalue weighted by atomic mass is 10.2. The van der Waals surface area contributed by atoms with Crippen molar-refractivity contribution < 1.29 is 4.39 Å². The Morgan fingerprint density at radius 3 is 2.77 bits per heavy atom. The van der Waals surface area contributed by atoms with Gasteiger partial charge in [0.05, 0.1) is 0 Å². The van der Waals surface area contributed by atoms with Crippen LogP contribution in [0.4, 0.5) is 4.39 Å². The summed E-state index contributed by atoms with van der Waals surface area (Å²) in [6, 6.07) is 4.72. The van der Waals surface area contributed by atoms with E-state index in [1.807, 2.05) is 0 Å². The number of rotatable bonds is 4. The quantitative estimate of drug-likeness (QED) is 0.566. The standard InChI is InChI=1S/C9H9Cl2FS/c10-4-5-13-6-7-8(11)2-1-3-9(7)12/h1-3H,4-6H2. The molecular weight excluding hydrogens is 230 g/mol. The zero-order valence-corrected chi connectivity index (χ0v) is 9.22. The zero-order valence-electron chi connectivity index (χ0n) is 6.90. The maximum atomic E-state index is 13.1. The maximum absolute atomic E-state index is 13.1. The van der Waals surface area contributed by atoms with Gasteiger partial charge in [-0.05, 0) is 12.1 Å². The first-order valence-corrected chi connectivity index (χ1v) is 5.89. The van der Waals surface area contributed by atoms with Gasteiger partial charge >= 0.3 is 0 Å². The summed E-state index contributed by atoms with van der Waals surface area (Å²) in [4.78, 5) is 0. The lowest BCUT2D eigenvalue weighted by Gasteiger charge is -2.04. The maximum Gasteiger partial charge on any atom is 0.128 e. The highest BCUT2D eigenvalue weighted by Crippen LogP contribution is 2.23. The van der Waals surface area contributed by atoms with E-state index in [1.54, 1.807) is 23.9 Å². The molecule has 0 aliphatic rings. The van der Waals surface area contributed by atoms with Crippen LogP contribution in [0.5, 0.6) is 0 Å². The average Bonchev–Trinajstić information content (AvgIpc) is 2.10. The minimum Gasteiger partial charge on any atom is -0.207 e. The molecule has 0 nitrogen and oxygen atoms in total. The Balaban J connectivity index is 2.64. The third-order valence-electron chi connectivity index (χ3n) is 1.53. The average molecular weight is 239 g/mol. The second-order valence-corrected chi connectivity index (χ2v) is 4.33. The van der Waals surface area contributed by atoms with Gasteiger partial charge in [0, 0.05) is 28.0 Å². The summed E-state index contributed by atoms with van der Waals surface area (Å²) in [5.74, 6) is 1.73. The van der Waals surface area contributed by atoms with Crippen molar-refractivity contribution in [2.45, 2.75) is 5.75 Å². The third kappa shape index (κ3) is 3.37. The smallest absolute Gasteiger partial charge is 0.128 e. The van der Waals surface area contributed by atoms with Crippen LogP contribution in [0.1, 0.15) is 5.56 Å². The van der Waals surface area contributed by atoms with Gasteiger partial charge in [-0.1, -0.05) is 17.7 Å². The van der Waals surface area contributed by atoms with Gasteiger partial charge in [-0.3, -0.25) is 0 Å². The summed E-state index contributed by atoms with van der Waals surface area (Å²) >= 11 is 12.9. The van der Waals surface area contributed by atoms with Crippen molar-refractivity contribution >= 4 is 35.0 Å². The first-order chi connectivity index (χ1) is 6.25. The van der Waals surface area contributed by atoms with E-state index in [0.717, 1.165) is 5.75 Å². The highest BCUT2D eigenvalue weighted by molar-refractivity contribution is 7.98. The molecule has 1 aromatic rings. The van der Waals surface area contributed by atoms with E-state index in [1.165, 1.54) is 6.07 Å². The van der Waals surface area contributed by atoms with Crippen molar-refractivity contribution in [1.82, 2.24) is 0 Å². The third-order valence-corrected chi connectivity index (χ3v) is 3.28. The van der Waals surface area contributed by atoms with Crippen LogP contribution in [0, 0.1) is 5.82 Å². The summed E-state index contributed by atoms with van der Waals surface area (Å²) in [5.41, 5.74) is 0.569. The van der Waals surface area contributed by atoms with Crippen LogP contribution in [0.25, 0.3) is 0 Å². The molecule has 1 rings (SSSR count). The number of alkyl halides is 1. The van der Waals surface area contributed by atoms with E-state index in [0.29, 0.717) is 22.2 Å². The van der Waals surface area contributed by atoms with Gasteiger partial charge in [0.1, 0.15) is 5.82 Å². The number of halogens is 3. The molecule has 0 atom stereocenters. The molecule has 0 heterocycles. The predicted octanol–water partition coefficient (Wildman–Crippen LogP) is 3.95. The van der Waals surface area contributed by atoms with Gasteiger partial charge in [0.25, 0.3) is 0 Å². The lowest BCUT2D eigenvalue weighted by molar-refractivity contribution is 0.617. The summed E-state index contributed by atoms with van der Waals surface area (Å²) in [6.45, 7) is 0. The lowest BCUT2D eigenvalue weighted by Crippen LogP contribution is -1.90. The molecule has 0 fully saturated rings. The molecule has 0 bridgehead atoms. The van der Waals surface area contributed by atoms with Crippen LogP contribution in [0.3, 0.4) is 0 Å². The van der Waals surface area contributed by atoms with Crippen molar-refractivity contribution in [3.05, 3.63) is 34.6 Å². The number of thioether (sulfide) groups is 1. The Labute approximate surface area is 91.4 Å². The first kappa shape index (κ1) is 11.2. The highest BCUT2D eigenvalue weighted by Gasteiger charge is 2.05. The molecule has 0 amide bonds. The number of hydrogen-bond donors (Lipinski definition) is 0. The Morgan fingerprint density at radius 1 is 1.38 bits per heavy atom. The van der Waals surface area contributed by atoms with Crippen molar-refractivity contribution in [2.75, 3.05) is 11.6 Å². The van der Waals surface area contributed by atoms with E-state index >= 15 is 0 Å². The van der Waals surface area contributed by atoms with E-state index in [4.69, 9.17) is 23.2 Å². The molecule has 1 aromatic carbocycles. The van der Waals surface area contributed by atoms with Gasteiger partial charge in [0.2, 0.25) is 0 Å². The predicted molar refractivity (Wildman–Crippen MR) is 58.3 cm³/mol. The van der Waals surface area contributed by atoms with Gasteiger partial charge in [-0.2, -0.15) is 11.8 Å². The molecule has 0 radical (unpaired) electrons. The molecule has 0 aliphatic carbocycles. The van der Waals surface area contributed by atoms with Crippen molar-refractivity contribution in [2.24, 2.45) is 0 Å². The Bertz CT molecular complexity index is 258. The number of hydrogen-bond acceptors (Lipinski definition) is 1. The van der Waals surface area contributed by atoms with Gasteiger partial charge < -0.3 is 0 Å².